The van der Waals surface area contributed by atoms with Crippen molar-refractivity contribution in [2.75, 3.05) is 7.05 Å². The minimum atomic E-state index is 0.792. The van der Waals surface area contributed by atoms with Crippen molar-refractivity contribution < 1.29 is 0 Å². The van der Waals surface area contributed by atoms with Gasteiger partial charge in [-0.15, -0.1) is 0 Å². The molecule has 1 N–H and O–H groups in total. The topological polar surface area (TPSA) is 36.8 Å². The summed E-state index contributed by atoms with van der Waals surface area (Å²) in [7, 11) is 1.74. The molecule has 0 atom stereocenters. The summed E-state index contributed by atoms with van der Waals surface area (Å²) < 4.78 is 0. The highest BCUT2D eigenvalue weighted by Gasteiger charge is 2.09. The summed E-state index contributed by atoms with van der Waals surface area (Å²) in [5.41, 5.74) is 2.24. The molecule has 0 aromatic heterocycles. The first-order valence-electron chi connectivity index (χ1n) is 4.19. The lowest BCUT2D eigenvalue weighted by molar-refractivity contribution is 1.18. The number of nitrogens with one attached hydrogen (secondary N) is 1. The van der Waals surface area contributed by atoms with Crippen LogP contribution in [-0.4, -0.2) is 19.2 Å². The molecule has 0 radical (unpaired) electrons. The molecular weight excluding hydrogens is 150 g/mol. The van der Waals surface area contributed by atoms with E-state index in [9.17, 15) is 0 Å². The zero-order valence-electron chi connectivity index (χ0n) is 8.47. The zero-order chi connectivity index (χ0) is 9.56. The highest BCUT2D eigenvalue weighted by Crippen LogP contribution is 2.05. The van der Waals surface area contributed by atoms with Crippen LogP contribution in [0.2, 0.25) is 0 Å². The molecule has 1 rings (SSSR count). The van der Waals surface area contributed by atoms with Crippen LogP contribution in [0.15, 0.2) is 21.3 Å². The van der Waals surface area contributed by atoms with E-state index in [1.54, 1.807) is 13.4 Å². The normalized spacial score (nSPS) is 17.1. The molecule has 1 heterocycles. The van der Waals surface area contributed by atoms with E-state index in [1.807, 2.05) is 27.7 Å². The van der Waals surface area contributed by atoms with E-state index in [4.69, 9.17) is 0 Å². The highest BCUT2D eigenvalue weighted by molar-refractivity contribution is 6.08. The molecule has 12 heavy (non-hydrogen) atoms. The number of aliphatic imine (C=N–C) groups is 2. The van der Waals surface area contributed by atoms with Crippen molar-refractivity contribution in [3.05, 3.63) is 11.3 Å². The van der Waals surface area contributed by atoms with Gasteiger partial charge in [-0.3, -0.25) is 4.99 Å². The summed E-state index contributed by atoms with van der Waals surface area (Å²) in [5.74, 6) is 0.792. The number of amidine groups is 1. The monoisotopic (exact) mass is 167 g/mol. The molecule has 1 aliphatic heterocycles. The highest BCUT2D eigenvalue weighted by atomic mass is 15.1. The van der Waals surface area contributed by atoms with Gasteiger partial charge in [-0.2, -0.15) is 0 Å². The fraction of sp³-hybridized carbons (Fsp3) is 0.556. The third-order valence-electron chi connectivity index (χ3n) is 1.33. The molecule has 0 bridgehead atoms. The maximum Gasteiger partial charge on any atom is 0.172 e. The van der Waals surface area contributed by atoms with Crippen molar-refractivity contribution in [3.63, 3.8) is 0 Å². The van der Waals surface area contributed by atoms with E-state index >= 15 is 0 Å². The summed E-state index contributed by atoms with van der Waals surface area (Å²) in [5, 5.41) is 3.01. The molecule has 3 heteroatoms. The largest absolute Gasteiger partial charge is 0.343 e. The molecule has 0 unspecified atom stereocenters. The van der Waals surface area contributed by atoms with Crippen LogP contribution in [0.5, 0.6) is 0 Å². The molecule has 0 amide bonds. The second-order valence-corrected chi connectivity index (χ2v) is 2.32. The Morgan fingerprint density at radius 2 is 2.00 bits per heavy atom. The number of hydrogen-bond acceptors (Lipinski definition) is 2. The predicted octanol–water partition coefficient (Wildman–Crippen LogP) is 1.97. The second kappa shape index (κ2) is 5.52. The predicted molar refractivity (Wildman–Crippen MR) is 54.7 cm³/mol. The average molecular weight is 167 g/mol. The van der Waals surface area contributed by atoms with E-state index in [2.05, 4.69) is 15.3 Å². The molecule has 0 aliphatic carbocycles. The maximum absolute atomic E-state index is 4.01. The SMILES string of the molecule is CC.CN=C1N=CNC1=C(C)C. The Hall–Kier alpha value is -1.12. The Balaban J connectivity index is 0.000000561. The van der Waals surface area contributed by atoms with Gasteiger partial charge in [0.1, 0.15) is 0 Å². The maximum atomic E-state index is 4.01. The third kappa shape index (κ3) is 2.49. The summed E-state index contributed by atoms with van der Waals surface area (Å²) in [4.78, 5) is 8.00. The minimum Gasteiger partial charge on any atom is -0.343 e. The number of allylic oxidation sites excluding steroid dienone is 1. The quantitative estimate of drug-likeness (QED) is 0.588. The number of hydrogen-bond donors (Lipinski definition) is 1. The molecule has 0 saturated carbocycles. The van der Waals surface area contributed by atoms with Gasteiger partial charge in [-0.25, -0.2) is 4.99 Å². The van der Waals surface area contributed by atoms with Gasteiger partial charge in [-0.1, -0.05) is 13.8 Å². The van der Waals surface area contributed by atoms with Crippen molar-refractivity contribution >= 4 is 12.2 Å². The standard InChI is InChI=1S/C7H11N3.C2H6/c1-5(2)6-7(8-3)10-4-9-6;1-2/h4H,1-3H3,(H,8,9,10);1-2H3. The third-order valence-corrected chi connectivity index (χ3v) is 1.33. The van der Waals surface area contributed by atoms with E-state index < -0.39 is 0 Å². The molecular formula is C9H17N3. The average Bonchev–Trinajstić information content (AvgIpc) is 2.55. The molecule has 0 aromatic carbocycles. The number of rotatable bonds is 0. The van der Waals surface area contributed by atoms with Crippen LogP contribution >= 0.6 is 0 Å². The van der Waals surface area contributed by atoms with Gasteiger partial charge in [-0.05, 0) is 19.4 Å². The van der Waals surface area contributed by atoms with Crippen molar-refractivity contribution in [3.8, 4) is 0 Å². The second-order valence-electron chi connectivity index (χ2n) is 2.32. The van der Waals surface area contributed by atoms with Gasteiger partial charge >= 0.3 is 0 Å². The molecule has 0 aromatic rings. The van der Waals surface area contributed by atoms with Gasteiger partial charge < -0.3 is 5.32 Å². The Bertz CT molecular complexity index is 220. The van der Waals surface area contributed by atoms with Crippen LogP contribution in [0, 0.1) is 0 Å². The van der Waals surface area contributed by atoms with E-state index in [0.717, 1.165) is 11.5 Å². The summed E-state index contributed by atoms with van der Waals surface area (Å²) in [6.07, 6.45) is 1.66. The fourth-order valence-electron chi connectivity index (χ4n) is 0.825. The van der Waals surface area contributed by atoms with Crippen LogP contribution in [0.3, 0.4) is 0 Å². The van der Waals surface area contributed by atoms with Crippen LogP contribution in [0.4, 0.5) is 0 Å². The number of nitrogens with zero attached hydrogens (tertiary/aromatic N) is 2. The van der Waals surface area contributed by atoms with Gasteiger partial charge in [0.25, 0.3) is 0 Å². The van der Waals surface area contributed by atoms with Crippen molar-refractivity contribution in [1.29, 1.82) is 0 Å². The summed E-state index contributed by atoms with van der Waals surface area (Å²) >= 11 is 0. The Morgan fingerprint density at radius 3 is 2.33 bits per heavy atom. The fourth-order valence-corrected chi connectivity index (χ4v) is 0.825. The molecule has 68 valence electrons. The molecule has 0 spiro atoms. The molecule has 3 nitrogen and oxygen atoms in total. The smallest absolute Gasteiger partial charge is 0.172 e. The van der Waals surface area contributed by atoms with Crippen LogP contribution in [0.25, 0.3) is 0 Å². The van der Waals surface area contributed by atoms with E-state index in [0.29, 0.717) is 0 Å². The Kier molecular flexibility index (Phi) is 5.00. The van der Waals surface area contributed by atoms with Gasteiger partial charge in [0.05, 0.1) is 12.0 Å². The lowest BCUT2D eigenvalue weighted by Crippen LogP contribution is -2.09. The van der Waals surface area contributed by atoms with Crippen molar-refractivity contribution in [1.82, 2.24) is 5.32 Å². The van der Waals surface area contributed by atoms with Gasteiger partial charge in [0.15, 0.2) is 5.84 Å². The van der Waals surface area contributed by atoms with Crippen LogP contribution in [-0.2, 0) is 0 Å². The summed E-state index contributed by atoms with van der Waals surface area (Å²) in [6, 6.07) is 0. The Morgan fingerprint density at radius 1 is 1.42 bits per heavy atom. The Labute approximate surface area is 74.3 Å². The van der Waals surface area contributed by atoms with Crippen molar-refractivity contribution in [2.45, 2.75) is 27.7 Å². The molecule has 0 fully saturated rings. The zero-order valence-corrected chi connectivity index (χ0v) is 8.47. The first-order valence-corrected chi connectivity index (χ1v) is 4.19. The van der Waals surface area contributed by atoms with Gasteiger partial charge in [0, 0.05) is 7.05 Å². The lowest BCUT2D eigenvalue weighted by atomic mass is 10.2. The van der Waals surface area contributed by atoms with E-state index in [-0.39, 0.29) is 0 Å². The van der Waals surface area contributed by atoms with Crippen LogP contribution < -0.4 is 5.32 Å². The van der Waals surface area contributed by atoms with Gasteiger partial charge in [0.2, 0.25) is 0 Å². The summed E-state index contributed by atoms with van der Waals surface area (Å²) in [6.45, 7) is 8.06. The minimum absolute atomic E-state index is 0.792. The first-order chi connectivity index (χ1) is 5.75. The lowest BCUT2D eigenvalue weighted by Gasteiger charge is -1.99. The van der Waals surface area contributed by atoms with Crippen molar-refractivity contribution in [2.24, 2.45) is 9.98 Å². The first kappa shape index (κ1) is 10.9. The molecule has 1 aliphatic rings. The van der Waals surface area contributed by atoms with Crippen LogP contribution in [0.1, 0.15) is 27.7 Å². The molecule has 0 saturated heterocycles. The van der Waals surface area contributed by atoms with E-state index in [1.165, 1.54) is 5.57 Å².